The Morgan fingerprint density at radius 1 is 1.06 bits per heavy atom. The summed E-state index contributed by atoms with van der Waals surface area (Å²) in [7, 11) is 0. The van der Waals surface area contributed by atoms with Crippen LogP contribution in [-0.4, -0.2) is 32.4 Å². The first kappa shape index (κ1) is 24.0. The molecule has 4 saturated carbocycles. The van der Waals surface area contributed by atoms with Crippen LogP contribution in [0.25, 0.3) is 11.0 Å². The zero-order chi connectivity index (χ0) is 24.5. The highest BCUT2D eigenvalue weighted by molar-refractivity contribution is 5.75. The summed E-state index contributed by atoms with van der Waals surface area (Å²) in [6.45, 7) is 9.53. The van der Waals surface area contributed by atoms with E-state index in [1.807, 2.05) is 0 Å². The lowest BCUT2D eigenvalue weighted by atomic mass is 9.43. The Kier molecular flexibility index (Phi) is 5.88. The first-order valence-electron chi connectivity index (χ1n) is 14.5. The molecule has 0 spiro atoms. The van der Waals surface area contributed by atoms with Crippen molar-refractivity contribution in [2.45, 2.75) is 104 Å². The zero-order valence-electron chi connectivity index (χ0n) is 22.3. The quantitative estimate of drug-likeness (QED) is 0.474. The maximum atomic E-state index is 11.8. The van der Waals surface area contributed by atoms with E-state index in [0.29, 0.717) is 35.0 Å². The lowest BCUT2D eigenvalue weighted by Gasteiger charge is -2.62. The average molecular weight is 479 g/mol. The molecule has 3 N–H and O–H groups in total. The third-order valence-electron chi connectivity index (χ3n) is 12.0. The van der Waals surface area contributed by atoms with Crippen molar-refractivity contribution < 1.29 is 10.2 Å². The molecule has 1 aromatic heterocycles. The summed E-state index contributed by atoms with van der Waals surface area (Å²) < 4.78 is 0. The fourth-order valence-electron chi connectivity index (χ4n) is 10.0. The number of aliphatic hydroxyl groups is 2. The van der Waals surface area contributed by atoms with Crippen LogP contribution in [-0.2, 0) is 6.42 Å². The summed E-state index contributed by atoms with van der Waals surface area (Å²) in [5.41, 5.74) is 3.84. The van der Waals surface area contributed by atoms with Crippen molar-refractivity contribution in [3.63, 3.8) is 0 Å². The smallest absolute Gasteiger partial charge is 0.107 e. The highest BCUT2D eigenvalue weighted by Crippen LogP contribution is 2.68. The zero-order valence-corrected chi connectivity index (χ0v) is 22.3. The van der Waals surface area contributed by atoms with Crippen molar-refractivity contribution in [3.05, 3.63) is 29.6 Å². The van der Waals surface area contributed by atoms with E-state index >= 15 is 0 Å². The van der Waals surface area contributed by atoms with Gasteiger partial charge < -0.3 is 15.2 Å². The van der Waals surface area contributed by atoms with E-state index in [-0.39, 0.29) is 17.6 Å². The van der Waals surface area contributed by atoms with Crippen LogP contribution >= 0.6 is 0 Å². The van der Waals surface area contributed by atoms with Crippen LogP contribution in [0.5, 0.6) is 0 Å². The summed E-state index contributed by atoms with van der Waals surface area (Å²) in [5.74, 6) is 4.98. The molecule has 0 unspecified atom stereocenters. The lowest BCUT2D eigenvalue weighted by Crippen LogP contribution is -2.58. The number of imidazole rings is 1. The molecule has 4 heteroatoms. The van der Waals surface area contributed by atoms with E-state index in [0.717, 1.165) is 61.3 Å². The summed E-state index contributed by atoms with van der Waals surface area (Å²) in [5, 5.41) is 22.1. The number of aliphatic hydroxyl groups excluding tert-OH is 2. The largest absolute Gasteiger partial charge is 0.393 e. The van der Waals surface area contributed by atoms with Gasteiger partial charge in [0.25, 0.3) is 0 Å². The first-order valence-corrected chi connectivity index (χ1v) is 14.5. The first-order chi connectivity index (χ1) is 16.7. The molecular weight excluding hydrogens is 432 g/mol. The molecule has 4 nitrogen and oxygen atoms in total. The predicted molar refractivity (Wildman–Crippen MR) is 141 cm³/mol. The number of hydrogen-bond acceptors (Lipinski definition) is 3. The second kappa shape index (κ2) is 8.58. The molecule has 4 aliphatic rings. The minimum absolute atomic E-state index is 0.0446. The van der Waals surface area contributed by atoms with Crippen LogP contribution < -0.4 is 0 Å². The SMILES string of the molecule is Cc1ccc2nc(CC[C@H](C)[C@@H]3CC[C@@H]4[C@@H]5CC[C@@H]6C[C@H](O)CC[C@]6(C)[C@H]5C[C@H](O)[C@@]43C)[nH]c2c1. The second-order valence-corrected chi connectivity index (χ2v) is 13.6. The Morgan fingerprint density at radius 2 is 1.89 bits per heavy atom. The van der Waals surface area contributed by atoms with Gasteiger partial charge in [0.05, 0.1) is 23.2 Å². The summed E-state index contributed by atoms with van der Waals surface area (Å²) in [6.07, 6.45) is 11.0. The lowest BCUT2D eigenvalue weighted by molar-refractivity contribution is -0.174. The number of benzene rings is 1. The van der Waals surface area contributed by atoms with Gasteiger partial charge in [0.2, 0.25) is 0 Å². The number of fused-ring (bicyclic) bond motifs is 6. The number of aromatic nitrogens is 2. The maximum absolute atomic E-state index is 11.8. The van der Waals surface area contributed by atoms with E-state index < -0.39 is 0 Å². The topological polar surface area (TPSA) is 69.1 Å². The van der Waals surface area contributed by atoms with E-state index in [4.69, 9.17) is 4.98 Å². The maximum Gasteiger partial charge on any atom is 0.107 e. The Morgan fingerprint density at radius 3 is 2.71 bits per heavy atom. The molecule has 0 saturated heterocycles. The third kappa shape index (κ3) is 3.72. The van der Waals surface area contributed by atoms with Gasteiger partial charge in [-0.25, -0.2) is 4.98 Å². The average Bonchev–Trinajstić information content (AvgIpc) is 3.40. The molecule has 4 aliphatic carbocycles. The monoisotopic (exact) mass is 478 g/mol. The number of rotatable bonds is 4. The summed E-state index contributed by atoms with van der Waals surface area (Å²) in [6, 6.07) is 6.44. The Hall–Kier alpha value is -1.39. The van der Waals surface area contributed by atoms with Gasteiger partial charge in [-0.05, 0) is 129 Å². The van der Waals surface area contributed by atoms with Gasteiger partial charge in [-0.15, -0.1) is 0 Å². The van der Waals surface area contributed by atoms with Gasteiger partial charge in [0.1, 0.15) is 5.82 Å². The number of aromatic amines is 1. The van der Waals surface area contributed by atoms with Gasteiger partial charge >= 0.3 is 0 Å². The number of hydrogen-bond donors (Lipinski definition) is 3. The molecule has 0 radical (unpaired) electrons. The van der Waals surface area contributed by atoms with Crippen LogP contribution in [0.15, 0.2) is 18.2 Å². The van der Waals surface area contributed by atoms with Crippen molar-refractivity contribution in [3.8, 4) is 0 Å². The van der Waals surface area contributed by atoms with Crippen molar-refractivity contribution in [2.24, 2.45) is 46.3 Å². The minimum Gasteiger partial charge on any atom is -0.393 e. The molecular formula is C31H46N2O2. The molecule has 4 fully saturated rings. The minimum atomic E-state index is -0.194. The van der Waals surface area contributed by atoms with Crippen LogP contribution in [0.2, 0.25) is 0 Å². The predicted octanol–water partition coefficient (Wildman–Crippen LogP) is 6.43. The van der Waals surface area contributed by atoms with Crippen molar-refractivity contribution in [1.82, 2.24) is 9.97 Å². The van der Waals surface area contributed by atoms with Gasteiger partial charge in [-0.1, -0.05) is 26.8 Å². The van der Waals surface area contributed by atoms with Crippen molar-refractivity contribution >= 4 is 11.0 Å². The Labute approximate surface area is 211 Å². The molecule has 0 amide bonds. The van der Waals surface area contributed by atoms with Crippen LogP contribution in [0.1, 0.15) is 89.9 Å². The fraction of sp³-hybridized carbons (Fsp3) is 0.774. The van der Waals surface area contributed by atoms with Gasteiger partial charge in [-0.3, -0.25) is 0 Å². The summed E-state index contributed by atoms with van der Waals surface area (Å²) >= 11 is 0. The van der Waals surface area contributed by atoms with Crippen molar-refractivity contribution in [2.75, 3.05) is 0 Å². The number of aryl methyl sites for hydroxylation is 2. The van der Waals surface area contributed by atoms with Gasteiger partial charge in [-0.2, -0.15) is 0 Å². The van der Waals surface area contributed by atoms with Crippen LogP contribution in [0.3, 0.4) is 0 Å². The van der Waals surface area contributed by atoms with E-state index in [9.17, 15) is 10.2 Å². The molecule has 35 heavy (non-hydrogen) atoms. The van der Waals surface area contributed by atoms with Crippen molar-refractivity contribution in [1.29, 1.82) is 0 Å². The van der Waals surface area contributed by atoms with Crippen LogP contribution in [0, 0.1) is 53.3 Å². The van der Waals surface area contributed by atoms with Gasteiger partial charge in [0.15, 0.2) is 0 Å². The number of nitrogens with one attached hydrogen (secondary N) is 1. The molecule has 2 aromatic rings. The standard InChI is InChI=1S/C31H46N2O2/c1-18-5-11-26-27(15-18)33-29(32-26)12-6-19(2)23-9-10-24-22-8-7-20-16-21(34)13-14-30(20,3)25(22)17-28(35)31(23,24)4/h5,11,15,19-25,28,34-35H,6-10,12-14,16-17H2,1-4H3,(H,32,33)/t19-,20+,21+,22-,23-,24+,25-,28-,30-,31+/m0/s1. The van der Waals surface area contributed by atoms with Gasteiger partial charge in [0, 0.05) is 6.42 Å². The Bertz CT molecular complexity index is 1080. The molecule has 1 heterocycles. The van der Waals surface area contributed by atoms with E-state index in [1.165, 1.54) is 31.2 Å². The third-order valence-corrected chi connectivity index (χ3v) is 12.0. The fourth-order valence-corrected chi connectivity index (χ4v) is 10.0. The summed E-state index contributed by atoms with van der Waals surface area (Å²) in [4.78, 5) is 8.40. The van der Waals surface area contributed by atoms with E-state index in [1.54, 1.807) is 0 Å². The molecule has 10 atom stereocenters. The highest BCUT2D eigenvalue weighted by Gasteiger charge is 2.63. The molecule has 6 rings (SSSR count). The molecule has 1 aromatic carbocycles. The second-order valence-electron chi connectivity index (χ2n) is 13.6. The Balaban J connectivity index is 1.18. The number of H-pyrrole nitrogens is 1. The van der Waals surface area contributed by atoms with E-state index in [2.05, 4.69) is 50.9 Å². The number of nitrogens with zero attached hydrogens (tertiary/aromatic N) is 1. The molecule has 0 bridgehead atoms. The molecule has 192 valence electrons. The highest BCUT2D eigenvalue weighted by atomic mass is 16.3. The molecule has 0 aliphatic heterocycles. The normalized spacial score (nSPS) is 44.0. The van der Waals surface area contributed by atoms with Crippen LogP contribution in [0.4, 0.5) is 0 Å².